The molecule has 0 saturated carbocycles. The van der Waals surface area contributed by atoms with E-state index >= 15 is 0 Å². The summed E-state index contributed by atoms with van der Waals surface area (Å²) in [5.41, 5.74) is 0.825. The SMILES string of the molecule is COc1cccc(C2C(C/C=C\CCC(=O)O)CCN2S(=O)(=O)c2ccc(F)cc2)c1.[NaH]. The van der Waals surface area contributed by atoms with Crippen molar-refractivity contribution in [1.29, 1.82) is 0 Å². The summed E-state index contributed by atoms with van der Waals surface area (Å²) >= 11 is 0. The van der Waals surface area contributed by atoms with Gasteiger partial charge in [-0.3, -0.25) is 4.79 Å². The summed E-state index contributed by atoms with van der Waals surface area (Å²) in [6.07, 6.45) is 5.53. The number of carboxylic acids is 1. The van der Waals surface area contributed by atoms with Crippen LogP contribution < -0.4 is 4.74 Å². The van der Waals surface area contributed by atoms with Gasteiger partial charge < -0.3 is 9.84 Å². The van der Waals surface area contributed by atoms with Crippen LogP contribution in [0.1, 0.15) is 37.3 Å². The van der Waals surface area contributed by atoms with Gasteiger partial charge in [-0.25, -0.2) is 12.8 Å². The van der Waals surface area contributed by atoms with Crippen LogP contribution in [0.2, 0.25) is 0 Å². The minimum atomic E-state index is -3.83. The summed E-state index contributed by atoms with van der Waals surface area (Å²) in [6, 6.07) is 11.8. The van der Waals surface area contributed by atoms with E-state index in [0.29, 0.717) is 31.6 Å². The van der Waals surface area contributed by atoms with Crippen molar-refractivity contribution in [1.82, 2.24) is 4.31 Å². The van der Waals surface area contributed by atoms with Crippen molar-refractivity contribution < 1.29 is 27.4 Å². The molecular weight excluding hydrogens is 444 g/mol. The summed E-state index contributed by atoms with van der Waals surface area (Å²) < 4.78 is 46.9. The first-order valence-electron chi connectivity index (χ1n) is 10.1. The Bertz CT molecular complexity index is 1040. The van der Waals surface area contributed by atoms with Gasteiger partial charge in [-0.05, 0) is 67.1 Å². The van der Waals surface area contributed by atoms with Gasteiger partial charge in [0.25, 0.3) is 0 Å². The Balaban J connectivity index is 0.00000363. The molecule has 6 nitrogen and oxygen atoms in total. The van der Waals surface area contributed by atoms with Crippen molar-refractivity contribution in [3.63, 3.8) is 0 Å². The van der Waals surface area contributed by atoms with Crippen LogP contribution in [0.3, 0.4) is 0 Å². The average Bonchev–Trinajstić information content (AvgIpc) is 3.18. The molecule has 1 aliphatic heterocycles. The maximum atomic E-state index is 13.4. The molecule has 1 fully saturated rings. The standard InChI is InChI=1S/C23H26FNO5S.Na.H/c1-30-20-8-5-7-18(16-20)23-17(6-3-2-4-9-22(26)27)14-15-25(23)31(28,29)21-12-10-19(24)11-13-21;;/h2-3,5,7-8,10-13,16-17,23H,4,6,9,14-15H2,1H3,(H,26,27);;/b3-2-;;. The maximum absolute atomic E-state index is 13.4. The Morgan fingerprint density at radius 3 is 2.59 bits per heavy atom. The number of aliphatic carboxylic acids is 1. The van der Waals surface area contributed by atoms with Crippen molar-refractivity contribution in [2.45, 2.75) is 36.6 Å². The summed E-state index contributed by atoms with van der Waals surface area (Å²) in [5.74, 6) is -0.687. The molecule has 168 valence electrons. The fraction of sp³-hybridized carbons (Fsp3) is 0.348. The molecule has 2 aromatic carbocycles. The van der Waals surface area contributed by atoms with E-state index in [4.69, 9.17) is 9.84 Å². The van der Waals surface area contributed by atoms with Gasteiger partial charge in [-0.1, -0.05) is 24.3 Å². The van der Waals surface area contributed by atoms with Gasteiger partial charge in [-0.15, -0.1) is 0 Å². The van der Waals surface area contributed by atoms with Crippen molar-refractivity contribution in [2.24, 2.45) is 5.92 Å². The van der Waals surface area contributed by atoms with Crippen LogP contribution in [0.5, 0.6) is 5.75 Å². The van der Waals surface area contributed by atoms with Crippen molar-refractivity contribution in [3.8, 4) is 5.75 Å². The van der Waals surface area contributed by atoms with Crippen LogP contribution in [-0.4, -0.2) is 67.0 Å². The number of rotatable bonds is 9. The molecule has 0 amide bonds. The molecule has 1 aliphatic rings. The van der Waals surface area contributed by atoms with Gasteiger partial charge in [0.2, 0.25) is 10.0 Å². The predicted molar refractivity (Wildman–Crippen MR) is 122 cm³/mol. The van der Waals surface area contributed by atoms with Crippen molar-refractivity contribution in [2.75, 3.05) is 13.7 Å². The minimum absolute atomic E-state index is 0. The van der Waals surface area contributed by atoms with E-state index in [1.807, 2.05) is 30.4 Å². The third-order valence-electron chi connectivity index (χ3n) is 5.46. The van der Waals surface area contributed by atoms with Crippen molar-refractivity contribution in [3.05, 3.63) is 72.1 Å². The summed E-state index contributed by atoms with van der Waals surface area (Å²) in [4.78, 5) is 10.7. The molecule has 0 spiro atoms. The number of allylic oxidation sites excluding steroid dienone is 2. The molecule has 0 bridgehead atoms. The molecule has 0 radical (unpaired) electrons. The quantitative estimate of drug-likeness (QED) is 0.445. The first-order valence-corrected chi connectivity index (χ1v) is 11.5. The molecule has 2 unspecified atom stereocenters. The van der Waals surface area contributed by atoms with Crippen molar-refractivity contribution >= 4 is 45.5 Å². The summed E-state index contributed by atoms with van der Waals surface area (Å²) in [6.45, 7) is 0.342. The molecule has 3 rings (SSSR count). The van der Waals surface area contributed by atoms with E-state index in [1.54, 1.807) is 13.2 Å². The number of sulfonamides is 1. The number of hydrogen-bond donors (Lipinski definition) is 1. The van der Waals surface area contributed by atoms with Crippen LogP contribution in [0.25, 0.3) is 0 Å². The number of carbonyl (C=O) groups is 1. The third kappa shape index (κ3) is 6.42. The van der Waals surface area contributed by atoms with E-state index in [1.165, 1.54) is 16.4 Å². The molecular formula is C23H27FNNaO5S. The number of methoxy groups -OCH3 is 1. The zero-order chi connectivity index (χ0) is 22.4. The Morgan fingerprint density at radius 2 is 1.94 bits per heavy atom. The van der Waals surface area contributed by atoms with Crippen LogP contribution in [-0.2, 0) is 14.8 Å². The normalized spacial score (nSPS) is 19.1. The Morgan fingerprint density at radius 1 is 1.22 bits per heavy atom. The zero-order valence-electron chi connectivity index (χ0n) is 17.3. The van der Waals surface area contributed by atoms with Crippen LogP contribution in [0, 0.1) is 11.7 Å². The second kappa shape index (κ2) is 12.0. The fourth-order valence-electron chi connectivity index (χ4n) is 3.94. The third-order valence-corrected chi connectivity index (χ3v) is 7.36. The van der Waals surface area contributed by atoms with E-state index in [9.17, 15) is 17.6 Å². The number of halogens is 1. The number of ether oxygens (including phenoxy) is 1. The van der Waals surface area contributed by atoms with Crippen LogP contribution in [0.15, 0.2) is 65.6 Å². The molecule has 1 heterocycles. The Kier molecular flexibility index (Phi) is 9.91. The zero-order valence-corrected chi connectivity index (χ0v) is 18.1. The molecule has 9 heteroatoms. The number of hydrogen-bond acceptors (Lipinski definition) is 4. The molecule has 2 aromatic rings. The van der Waals surface area contributed by atoms with Gasteiger partial charge in [0.05, 0.1) is 18.0 Å². The van der Waals surface area contributed by atoms with Gasteiger partial charge in [0.1, 0.15) is 11.6 Å². The fourth-order valence-corrected chi connectivity index (χ4v) is 5.63. The summed E-state index contributed by atoms with van der Waals surface area (Å²) in [7, 11) is -2.27. The van der Waals surface area contributed by atoms with Crippen LogP contribution in [0.4, 0.5) is 4.39 Å². The summed E-state index contributed by atoms with van der Waals surface area (Å²) in [5, 5.41) is 8.77. The van der Waals surface area contributed by atoms with E-state index in [2.05, 4.69) is 0 Å². The molecule has 2 atom stereocenters. The molecule has 0 aromatic heterocycles. The second-order valence-corrected chi connectivity index (χ2v) is 9.37. The Hall–Kier alpha value is -1.71. The predicted octanol–water partition coefficient (Wildman–Crippen LogP) is 3.75. The molecule has 1 N–H and O–H groups in total. The monoisotopic (exact) mass is 471 g/mol. The van der Waals surface area contributed by atoms with E-state index in [-0.39, 0.29) is 46.8 Å². The number of carboxylic acid groups (broad SMARTS) is 1. The topological polar surface area (TPSA) is 83.9 Å². The van der Waals surface area contributed by atoms with Gasteiger partial charge in [0, 0.05) is 13.0 Å². The first kappa shape index (κ1) is 26.5. The molecule has 1 saturated heterocycles. The van der Waals surface area contributed by atoms with Gasteiger partial charge in [-0.2, -0.15) is 4.31 Å². The van der Waals surface area contributed by atoms with E-state index < -0.39 is 27.9 Å². The molecule has 32 heavy (non-hydrogen) atoms. The van der Waals surface area contributed by atoms with Crippen LogP contribution >= 0.6 is 0 Å². The number of benzene rings is 2. The second-order valence-electron chi connectivity index (χ2n) is 7.48. The molecule has 0 aliphatic carbocycles. The van der Waals surface area contributed by atoms with Gasteiger partial charge >= 0.3 is 35.5 Å². The first-order chi connectivity index (χ1) is 14.8. The average molecular weight is 472 g/mol. The van der Waals surface area contributed by atoms with E-state index in [0.717, 1.165) is 17.7 Å². The number of nitrogens with zero attached hydrogens (tertiary/aromatic N) is 1. The Labute approximate surface area is 210 Å². The van der Waals surface area contributed by atoms with Gasteiger partial charge in [0.15, 0.2) is 0 Å².